The standard InChI is InChI=1S/C9H7F2NO2/c1-4-5-6(10)8(13-2)12-9(14-3)7(5)11/h1H,2-3H3. The van der Waals surface area contributed by atoms with Gasteiger partial charge in [0.2, 0.25) is 11.6 Å². The van der Waals surface area contributed by atoms with Crippen LogP contribution in [0.3, 0.4) is 0 Å². The van der Waals surface area contributed by atoms with E-state index in [-0.39, 0.29) is 0 Å². The van der Waals surface area contributed by atoms with Crippen LogP contribution in [-0.4, -0.2) is 19.2 Å². The van der Waals surface area contributed by atoms with E-state index >= 15 is 0 Å². The molecule has 0 bridgehead atoms. The van der Waals surface area contributed by atoms with Gasteiger partial charge >= 0.3 is 0 Å². The molecule has 14 heavy (non-hydrogen) atoms. The van der Waals surface area contributed by atoms with Crippen LogP contribution >= 0.6 is 0 Å². The Morgan fingerprint density at radius 3 is 1.86 bits per heavy atom. The van der Waals surface area contributed by atoms with Crippen LogP contribution in [0.2, 0.25) is 0 Å². The van der Waals surface area contributed by atoms with Gasteiger partial charge in [-0.05, 0) is 0 Å². The molecule has 0 atom stereocenters. The summed E-state index contributed by atoms with van der Waals surface area (Å²) in [7, 11) is 2.39. The molecule has 0 unspecified atom stereocenters. The Balaban J connectivity index is 3.49. The van der Waals surface area contributed by atoms with E-state index in [1.165, 1.54) is 14.2 Å². The zero-order chi connectivity index (χ0) is 10.7. The molecule has 1 aromatic heterocycles. The molecule has 1 rings (SSSR count). The third-order valence-corrected chi connectivity index (χ3v) is 1.55. The van der Waals surface area contributed by atoms with Gasteiger partial charge < -0.3 is 9.47 Å². The van der Waals surface area contributed by atoms with Crippen molar-refractivity contribution in [3.63, 3.8) is 0 Å². The molecular formula is C9H7F2NO2. The van der Waals surface area contributed by atoms with Crippen molar-refractivity contribution >= 4 is 0 Å². The normalized spacial score (nSPS) is 9.36. The van der Waals surface area contributed by atoms with Gasteiger partial charge in [0.05, 0.1) is 14.2 Å². The maximum atomic E-state index is 13.2. The topological polar surface area (TPSA) is 31.4 Å². The SMILES string of the molecule is C#Cc1c(F)c(OC)nc(OC)c1F. The zero-order valence-corrected chi connectivity index (χ0v) is 7.60. The number of terminal acetylenes is 1. The van der Waals surface area contributed by atoms with Gasteiger partial charge in [-0.1, -0.05) is 5.92 Å². The molecule has 0 saturated heterocycles. The average Bonchev–Trinajstić information content (AvgIpc) is 2.19. The fourth-order valence-corrected chi connectivity index (χ4v) is 0.898. The minimum atomic E-state index is -1.01. The molecule has 0 radical (unpaired) electrons. The monoisotopic (exact) mass is 199 g/mol. The number of hydrogen-bond donors (Lipinski definition) is 0. The molecule has 74 valence electrons. The highest BCUT2D eigenvalue weighted by Gasteiger charge is 2.19. The first-order chi connectivity index (χ1) is 6.65. The van der Waals surface area contributed by atoms with E-state index in [1.54, 1.807) is 0 Å². The second-order valence-electron chi connectivity index (χ2n) is 2.28. The van der Waals surface area contributed by atoms with E-state index in [0.717, 1.165) is 0 Å². The Morgan fingerprint density at radius 1 is 1.14 bits per heavy atom. The molecule has 0 spiro atoms. The lowest BCUT2D eigenvalue weighted by Crippen LogP contribution is -2.02. The van der Waals surface area contributed by atoms with Crippen LogP contribution in [0.4, 0.5) is 8.78 Å². The number of hydrogen-bond acceptors (Lipinski definition) is 3. The van der Waals surface area contributed by atoms with Gasteiger partial charge in [0, 0.05) is 0 Å². The van der Waals surface area contributed by atoms with Crippen molar-refractivity contribution < 1.29 is 18.3 Å². The minimum absolute atomic E-state index is 0.392. The highest BCUT2D eigenvalue weighted by atomic mass is 19.1. The van der Waals surface area contributed by atoms with Crippen LogP contribution in [0.15, 0.2) is 0 Å². The average molecular weight is 199 g/mol. The van der Waals surface area contributed by atoms with Crippen molar-refractivity contribution in [2.45, 2.75) is 0 Å². The molecule has 0 aliphatic heterocycles. The maximum Gasteiger partial charge on any atom is 0.254 e. The summed E-state index contributed by atoms with van der Waals surface area (Å²) < 4.78 is 35.6. The van der Waals surface area contributed by atoms with E-state index in [2.05, 4.69) is 14.5 Å². The molecular weight excluding hydrogens is 192 g/mol. The van der Waals surface area contributed by atoms with Crippen LogP contribution in [0.5, 0.6) is 11.8 Å². The Labute approximate surface area is 79.7 Å². The molecule has 0 N–H and O–H groups in total. The number of ether oxygens (including phenoxy) is 2. The lowest BCUT2D eigenvalue weighted by molar-refractivity contribution is 0.327. The number of rotatable bonds is 2. The molecule has 3 nitrogen and oxygen atoms in total. The summed E-state index contributed by atoms with van der Waals surface area (Å²) in [4.78, 5) is 3.43. The maximum absolute atomic E-state index is 13.2. The van der Waals surface area contributed by atoms with Crippen molar-refractivity contribution in [3.05, 3.63) is 17.2 Å². The van der Waals surface area contributed by atoms with Crippen LogP contribution < -0.4 is 9.47 Å². The number of methoxy groups -OCH3 is 2. The third kappa shape index (κ3) is 1.46. The quantitative estimate of drug-likeness (QED) is 0.674. The van der Waals surface area contributed by atoms with Gasteiger partial charge in [-0.2, -0.15) is 13.8 Å². The van der Waals surface area contributed by atoms with Gasteiger partial charge in [-0.15, -0.1) is 6.42 Å². The first-order valence-corrected chi connectivity index (χ1v) is 3.59. The van der Waals surface area contributed by atoms with E-state index in [1.807, 2.05) is 5.92 Å². The summed E-state index contributed by atoms with van der Waals surface area (Å²) in [6.07, 6.45) is 4.93. The van der Waals surface area contributed by atoms with Gasteiger partial charge in [-0.25, -0.2) is 0 Å². The molecule has 0 saturated carbocycles. The molecule has 5 heteroatoms. The van der Waals surface area contributed by atoms with Crippen molar-refractivity contribution in [1.82, 2.24) is 4.98 Å². The first kappa shape index (κ1) is 10.3. The van der Waals surface area contributed by atoms with Crippen molar-refractivity contribution in [1.29, 1.82) is 0 Å². The molecule has 0 fully saturated rings. The van der Waals surface area contributed by atoms with E-state index in [0.29, 0.717) is 0 Å². The summed E-state index contributed by atoms with van der Waals surface area (Å²) in [6.45, 7) is 0. The van der Waals surface area contributed by atoms with Gasteiger partial charge in [0.1, 0.15) is 5.56 Å². The van der Waals surface area contributed by atoms with Crippen LogP contribution in [0.25, 0.3) is 0 Å². The third-order valence-electron chi connectivity index (χ3n) is 1.55. The van der Waals surface area contributed by atoms with Crippen molar-refractivity contribution in [3.8, 4) is 24.1 Å². The fourth-order valence-electron chi connectivity index (χ4n) is 0.898. The van der Waals surface area contributed by atoms with Crippen LogP contribution in [0.1, 0.15) is 5.56 Å². The van der Waals surface area contributed by atoms with Gasteiger partial charge in [-0.3, -0.25) is 0 Å². The first-order valence-electron chi connectivity index (χ1n) is 3.59. The summed E-state index contributed by atoms with van der Waals surface area (Å²) >= 11 is 0. The summed E-state index contributed by atoms with van der Waals surface area (Å²) in [5.74, 6) is -0.934. The second kappa shape index (κ2) is 3.92. The molecule has 1 heterocycles. The van der Waals surface area contributed by atoms with Crippen LogP contribution in [-0.2, 0) is 0 Å². The number of nitrogens with zero attached hydrogens (tertiary/aromatic N) is 1. The minimum Gasteiger partial charge on any atom is -0.479 e. The van der Waals surface area contributed by atoms with Gasteiger partial charge in [0.15, 0.2) is 0 Å². The predicted molar refractivity (Wildman–Crippen MR) is 45.2 cm³/mol. The molecule has 1 aromatic rings. The lowest BCUT2D eigenvalue weighted by Gasteiger charge is -2.07. The highest BCUT2D eigenvalue weighted by molar-refractivity contribution is 5.42. The molecule has 0 aliphatic carbocycles. The second-order valence-corrected chi connectivity index (χ2v) is 2.28. The van der Waals surface area contributed by atoms with E-state index in [9.17, 15) is 8.78 Å². The smallest absolute Gasteiger partial charge is 0.254 e. The van der Waals surface area contributed by atoms with E-state index < -0.39 is 29.0 Å². The molecule has 0 aromatic carbocycles. The van der Waals surface area contributed by atoms with Crippen LogP contribution in [0, 0.1) is 24.0 Å². The number of pyridine rings is 1. The van der Waals surface area contributed by atoms with Crippen molar-refractivity contribution in [2.75, 3.05) is 14.2 Å². The predicted octanol–water partition coefficient (Wildman–Crippen LogP) is 1.36. The summed E-state index contributed by atoms with van der Waals surface area (Å²) in [5.41, 5.74) is -0.547. The molecule has 0 amide bonds. The number of aromatic nitrogens is 1. The summed E-state index contributed by atoms with van der Waals surface area (Å²) in [6, 6.07) is 0. The number of halogens is 2. The highest BCUT2D eigenvalue weighted by Crippen LogP contribution is 2.26. The fraction of sp³-hybridized carbons (Fsp3) is 0.222. The largest absolute Gasteiger partial charge is 0.479 e. The Kier molecular flexibility index (Phi) is 2.87. The Bertz CT molecular complexity index is 371. The van der Waals surface area contributed by atoms with Gasteiger partial charge in [0.25, 0.3) is 11.8 Å². The zero-order valence-electron chi connectivity index (χ0n) is 7.60. The van der Waals surface area contributed by atoms with Crippen molar-refractivity contribution in [2.24, 2.45) is 0 Å². The Morgan fingerprint density at radius 2 is 1.57 bits per heavy atom. The molecule has 0 aliphatic rings. The summed E-state index contributed by atoms with van der Waals surface area (Å²) in [5, 5.41) is 0. The van der Waals surface area contributed by atoms with E-state index in [4.69, 9.17) is 6.42 Å². The lowest BCUT2D eigenvalue weighted by atomic mass is 10.2. The Hall–Kier alpha value is -1.83.